The summed E-state index contributed by atoms with van der Waals surface area (Å²) >= 11 is 5.70. The van der Waals surface area contributed by atoms with Crippen LogP contribution in [0.5, 0.6) is 0 Å². The van der Waals surface area contributed by atoms with Gasteiger partial charge in [0.1, 0.15) is 5.02 Å². The Morgan fingerprint density at radius 2 is 2.19 bits per heavy atom. The third-order valence-electron chi connectivity index (χ3n) is 2.63. The molecule has 1 unspecified atom stereocenters. The summed E-state index contributed by atoms with van der Waals surface area (Å²) in [6, 6.07) is 3.56. The van der Waals surface area contributed by atoms with E-state index in [0.29, 0.717) is 0 Å². The molecule has 1 aromatic rings. The van der Waals surface area contributed by atoms with Crippen molar-refractivity contribution in [1.82, 2.24) is 5.32 Å². The minimum atomic E-state index is -1.05. The zero-order valence-electron chi connectivity index (χ0n) is 11.0. The second-order valence-electron chi connectivity index (χ2n) is 4.09. The number of benzene rings is 1. The van der Waals surface area contributed by atoms with Gasteiger partial charge in [0, 0.05) is 25.3 Å². The van der Waals surface area contributed by atoms with E-state index in [4.69, 9.17) is 21.4 Å². The minimum Gasteiger partial charge on any atom is -0.481 e. The molecule has 2 N–H and O–H groups in total. The van der Waals surface area contributed by atoms with Crippen LogP contribution in [0.3, 0.4) is 0 Å². The Hall–Kier alpha value is -2.19. The predicted molar refractivity (Wildman–Crippen MR) is 73.5 cm³/mol. The number of hydrogen-bond donors (Lipinski definition) is 2. The van der Waals surface area contributed by atoms with Gasteiger partial charge in [0.05, 0.1) is 17.4 Å². The van der Waals surface area contributed by atoms with Gasteiger partial charge in [-0.3, -0.25) is 19.7 Å². The highest BCUT2D eigenvalue weighted by molar-refractivity contribution is 6.33. The number of ether oxygens (including phenoxy) is 1. The molecule has 0 bridgehead atoms. The van der Waals surface area contributed by atoms with Gasteiger partial charge in [-0.1, -0.05) is 11.6 Å². The van der Waals surface area contributed by atoms with Gasteiger partial charge in [-0.2, -0.15) is 0 Å². The summed E-state index contributed by atoms with van der Waals surface area (Å²) in [5.74, 6) is -1.58. The third-order valence-corrected chi connectivity index (χ3v) is 2.94. The maximum Gasteiger partial charge on any atom is 0.306 e. The van der Waals surface area contributed by atoms with Crippen molar-refractivity contribution in [3.63, 3.8) is 0 Å². The summed E-state index contributed by atoms with van der Waals surface area (Å²) in [7, 11) is 1.34. The second-order valence-corrected chi connectivity index (χ2v) is 4.50. The average molecular weight is 317 g/mol. The van der Waals surface area contributed by atoms with E-state index < -0.39 is 22.9 Å². The van der Waals surface area contributed by atoms with Crippen LogP contribution in [0, 0.1) is 10.1 Å². The lowest BCUT2D eigenvalue weighted by Crippen LogP contribution is -2.34. The number of carboxylic acid groups (broad SMARTS) is 1. The summed E-state index contributed by atoms with van der Waals surface area (Å²) in [5.41, 5.74) is -0.162. The standard InChI is InChI=1S/C12H13ClN2O6/c1-21-8(5-11(16)17)6-14-12(18)7-2-3-10(15(19)20)9(13)4-7/h2-4,8H,5-6H2,1H3,(H,14,18)(H,16,17). The van der Waals surface area contributed by atoms with Gasteiger partial charge < -0.3 is 15.2 Å². The molecule has 0 aromatic heterocycles. The highest BCUT2D eigenvalue weighted by Crippen LogP contribution is 2.24. The van der Waals surface area contributed by atoms with Crippen LogP contribution in [0.1, 0.15) is 16.8 Å². The van der Waals surface area contributed by atoms with Crippen molar-refractivity contribution in [2.24, 2.45) is 0 Å². The van der Waals surface area contributed by atoms with Crippen LogP contribution >= 0.6 is 11.6 Å². The summed E-state index contributed by atoms with van der Waals surface area (Å²) in [6.45, 7) is -0.00373. The fourth-order valence-electron chi connectivity index (χ4n) is 1.54. The second kappa shape index (κ2) is 7.55. The number of methoxy groups -OCH3 is 1. The van der Waals surface area contributed by atoms with E-state index in [-0.39, 0.29) is 29.2 Å². The molecule has 21 heavy (non-hydrogen) atoms. The number of nitro benzene ring substituents is 1. The van der Waals surface area contributed by atoms with Gasteiger partial charge in [0.25, 0.3) is 11.6 Å². The number of hydrogen-bond acceptors (Lipinski definition) is 5. The molecule has 1 amide bonds. The van der Waals surface area contributed by atoms with Crippen LogP contribution in [0.15, 0.2) is 18.2 Å². The number of carboxylic acids is 1. The predicted octanol–water partition coefficient (Wildman–Crippen LogP) is 1.47. The van der Waals surface area contributed by atoms with Gasteiger partial charge in [0.2, 0.25) is 0 Å². The van der Waals surface area contributed by atoms with Crippen LogP contribution in [-0.4, -0.2) is 41.7 Å². The van der Waals surface area contributed by atoms with Crippen molar-refractivity contribution in [3.05, 3.63) is 38.9 Å². The number of carbonyl (C=O) groups excluding carboxylic acids is 1. The molecule has 0 saturated carbocycles. The van der Waals surface area contributed by atoms with Gasteiger partial charge in [-0.15, -0.1) is 0 Å². The first-order valence-electron chi connectivity index (χ1n) is 5.82. The maximum absolute atomic E-state index is 11.8. The van der Waals surface area contributed by atoms with E-state index in [1.165, 1.54) is 19.2 Å². The summed E-state index contributed by atoms with van der Waals surface area (Å²) in [6.07, 6.45) is -0.919. The van der Waals surface area contributed by atoms with E-state index in [2.05, 4.69) is 5.32 Å². The molecule has 0 heterocycles. The van der Waals surface area contributed by atoms with Crippen LogP contribution in [0.4, 0.5) is 5.69 Å². The first-order chi connectivity index (χ1) is 9.85. The van der Waals surface area contributed by atoms with Crippen molar-refractivity contribution in [2.75, 3.05) is 13.7 Å². The number of nitrogens with zero attached hydrogens (tertiary/aromatic N) is 1. The number of carbonyl (C=O) groups is 2. The molecule has 1 rings (SSSR count). The molecule has 0 saturated heterocycles. The molecule has 0 aliphatic carbocycles. The molecule has 114 valence electrons. The molecule has 8 nitrogen and oxygen atoms in total. The molecule has 0 spiro atoms. The average Bonchev–Trinajstić information content (AvgIpc) is 2.42. The number of rotatable bonds is 7. The Morgan fingerprint density at radius 3 is 2.67 bits per heavy atom. The number of nitro groups is 1. The number of aliphatic carboxylic acids is 1. The molecule has 0 fully saturated rings. The summed E-state index contributed by atoms with van der Waals surface area (Å²) in [4.78, 5) is 32.3. The summed E-state index contributed by atoms with van der Waals surface area (Å²) < 4.78 is 4.91. The van der Waals surface area contributed by atoms with Gasteiger partial charge in [-0.25, -0.2) is 0 Å². The lowest BCUT2D eigenvalue weighted by Gasteiger charge is -2.14. The Kier molecular flexibility index (Phi) is 6.07. The van der Waals surface area contributed by atoms with E-state index in [1.54, 1.807) is 0 Å². The Labute approximate surface area is 124 Å². The fraction of sp³-hybridized carbons (Fsp3) is 0.333. The quantitative estimate of drug-likeness (QED) is 0.580. The van der Waals surface area contributed by atoms with E-state index in [0.717, 1.165) is 6.07 Å². The molecule has 9 heteroatoms. The number of halogens is 1. The van der Waals surface area contributed by atoms with Crippen molar-refractivity contribution in [3.8, 4) is 0 Å². The topological polar surface area (TPSA) is 119 Å². The number of nitrogens with one attached hydrogen (secondary N) is 1. The maximum atomic E-state index is 11.8. The summed E-state index contributed by atoms with van der Waals surface area (Å²) in [5, 5.41) is 21.6. The highest BCUT2D eigenvalue weighted by atomic mass is 35.5. The molecule has 0 aliphatic heterocycles. The zero-order chi connectivity index (χ0) is 16.0. The molecular weight excluding hydrogens is 304 g/mol. The van der Waals surface area contributed by atoms with Crippen molar-refractivity contribution in [2.45, 2.75) is 12.5 Å². The minimum absolute atomic E-state index is 0.00373. The van der Waals surface area contributed by atoms with Gasteiger partial charge in [-0.05, 0) is 12.1 Å². The van der Waals surface area contributed by atoms with E-state index in [1.807, 2.05) is 0 Å². The molecule has 0 radical (unpaired) electrons. The monoisotopic (exact) mass is 316 g/mol. The van der Waals surface area contributed by atoms with Crippen molar-refractivity contribution >= 4 is 29.2 Å². The van der Waals surface area contributed by atoms with Crippen LogP contribution in [-0.2, 0) is 9.53 Å². The Balaban J connectivity index is 2.69. The third kappa shape index (κ3) is 5.01. The van der Waals surface area contributed by atoms with Crippen LogP contribution in [0.25, 0.3) is 0 Å². The van der Waals surface area contributed by atoms with Gasteiger partial charge >= 0.3 is 5.97 Å². The molecule has 1 aromatic carbocycles. The first kappa shape index (κ1) is 16.9. The molecule has 0 aliphatic rings. The lowest BCUT2D eigenvalue weighted by molar-refractivity contribution is -0.384. The van der Waals surface area contributed by atoms with Crippen molar-refractivity contribution in [1.29, 1.82) is 0 Å². The fourth-order valence-corrected chi connectivity index (χ4v) is 1.79. The van der Waals surface area contributed by atoms with E-state index in [9.17, 15) is 19.7 Å². The largest absolute Gasteiger partial charge is 0.481 e. The van der Waals surface area contributed by atoms with Gasteiger partial charge in [0.15, 0.2) is 0 Å². The molecular formula is C12H13ClN2O6. The van der Waals surface area contributed by atoms with Crippen molar-refractivity contribution < 1.29 is 24.4 Å². The van der Waals surface area contributed by atoms with E-state index >= 15 is 0 Å². The normalized spacial score (nSPS) is 11.7. The smallest absolute Gasteiger partial charge is 0.306 e. The lowest BCUT2D eigenvalue weighted by atomic mass is 10.2. The highest BCUT2D eigenvalue weighted by Gasteiger charge is 2.17. The Bertz CT molecular complexity index is 563. The number of amides is 1. The van der Waals surface area contributed by atoms with Crippen LogP contribution < -0.4 is 5.32 Å². The SMILES string of the molecule is COC(CNC(=O)c1ccc([N+](=O)[O-])c(Cl)c1)CC(=O)O. The Morgan fingerprint density at radius 1 is 1.52 bits per heavy atom. The molecule has 1 atom stereocenters. The van der Waals surface area contributed by atoms with Crippen LogP contribution in [0.2, 0.25) is 5.02 Å². The first-order valence-corrected chi connectivity index (χ1v) is 6.19. The zero-order valence-corrected chi connectivity index (χ0v) is 11.8.